The van der Waals surface area contributed by atoms with Gasteiger partial charge >= 0.3 is 11.7 Å². The van der Waals surface area contributed by atoms with Gasteiger partial charge in [0.2, 0.25) is 0 Å². The number of nitrogens with one attached hydrogen (secondary N) is 1. The van der Waals surface area contributed by atoms with Gasteiger partial charge in [0.15, 0.2) is 12.4 Å². The molecule has 0 aliphatic carbocycles. The van der Waals surface area contributed by atoms with Crippen LogP contribution in [0.2, 0.25) is 0 Å². The van der Waals surface area contributed by atoms with Gasteiger partial charge in [-0.1, -0.05) is 0 Å². The standard InChI is InChI=1S/C15H18N2O7/c1-9-6-12(17(21)22)13(23-3)7-11(9)16-14(19)8-24-15(20)5-4-10(2)18/h6-7H,4-5,8H2,1-3H3,(H,16,19). The Hall–Kier alpha value is -2.97. The molecular formula is C15H18N2O7. The van der Waals surface area contributed by atoms with E-state index in [0.717, 1.165) is 0 Å². The molecule has 0 atom stereocenters. The van der Waals surface area contributed by atoms with E-state index in [4.69, 9.17) is 9.47 Å². The number of hydrogen-bond donors (Lipinski definition) is 1. The number of rotatable bonds is 8. The molecule has 1 aromatic rings. The van der Waals surface area contributed by atoms with Gasteiger partial charge in [0, 0.05) is 24.2 Å². The second-order valence-electron chi connectivity index (χ2n) is 5.01. The third kappa shape index (κ3) is 5.67. The van der Waals surface area contributed by atoms with E-state index in [0.29, 0.717) is 11.3 Å². The quantitative estimate of drug-likeness (QED) is 0.435. The smallest absolute Gasteiger partial charge is 0.311 e. The number of carbonyl (C=O) groups is 3. The first-order valence-electron chi connectivity index (χ1n) is 7.02. The Labute approximate surface area is 138 Å². The highest BCUT2D eigenvalue weighted by atomic mass is 16.6. The van der Waals surface area contributed by atoms with Crippen molar-refractivity contribution in [3.63, 3.8) is 0 Å². The molecule has 0 saturated heterocycles. The first-order chi connectivity index (χ1) is 11.2. The summed E-state index contributed by atoms with van der Waals surface area (Å²) in [7, 11) is 1.28. The number of amides is 1. The molecule has 0 aliphatic rings. The van der Waals surface area contributed by atoms with Crippen LogP contribution in [-0.2, 0) is 19.1 Å². The highest BCUT2D eigenvalue weighted by Crippen LogP contribution is 2.32. The Kier molecular flexibility index (Phi) is 6.84. The van der Waals surface area contributed by atoms with Crippen molar-refractivity contribution in [1.29, 1.82) is 0 Å². The summed E-state index contributed by atoms with van der Waals surface area (Å²) in [5.74, 6) is -1.41. The molecule has 0 heterocycles. The fourth-order valence-electron chi connectivity index (χ4n) is 1.80. The molecule has 130 valence electrons. The normalized spacial score (nSPS) is 9.96. The molecule has 0 radical (unpaired) electrons. The first kappa shape index (κ1) is 19.1. The van der Waals surface area contributed by atoms with Crippen molar-refractivity contribution in [2.45, 2.75) is 26.7 Å². The molecule has 1 rings (SSSR count). The number of hydrogen-bond acceptors (Lipinski definition) is 7. The summed E-state index contributed by atoms with van der Waals surface area (Å²) in [5.41, 5.74) is 0.546. The highest BCUT2D eigenvalue weighted by Gasteiger charge is 2.18. The average molecular weight is 338 g/mol. The largest absolute Gasteiger partial charge is 0.490 e. The molecule has 0 aromatic heterocycles. The Morgan fingerprint density at radius 3 is 2.46 bits per heavy atom. The van der Waals surface area contributed by atoms with Gasteiger partial charge in [0.25, 0.3) is 5.91 Å². The third-order valence-corrected chi connectivity index (χ3v) is 3.04. The van der Waals surface area contributed by atoms with E-state index in [1.54, 1.807) is 6.92 Å². The SMILES string of the molecule is COc1cc(NC(=O)COC(=O)CCC(C)=O)c(C)cc1[N+](=O)[O-]. The minimum Gasteiger partial charge on any atom is -0.490 e. The summed E-state index contributed by atoms with van der Waals surface area (Å²) >= 11 is 0. The number of anilines is 1. The monoisotopic (exact) mass is 338 g/mol. The summed E-state index contributed by atoms with van der Waals surface area (Å²) in [5, 5.41) is 13.4. The van der Waals surface area contributed by atoms with Crippen molar-refractivity contribution in [3.8, 4) is 5.75 Å². The second-order valence-corrected chi connectivity index (χ2v) is 5.01. The number of nitrogens with zero attached hydrogens (tertiary/aromatic N) is 1. The van der Waals surface area contributed by atoms with Gasteiger partial charge in [-0.25, -0.2) is 0 Å². The van der Waals surface area contributed by atoms with Crippen LogP contribution in [0, 0.1) is 17.0 Å². The molecule has 0 unspecified atom stereocenters. The zero-order valence-corrected chi connectivity index (χ0v) is 13.6. The maximum atomic E-state index is 11.8. The number of methoxy groups -OCH3 is 1. The van der Waals surface area contributed by atoms with Gasteiger partial charge in [0.05, 0.1) is 18.5 Å². The lowest BCUT2D eigenvalue weighted by molar-refractivity contribution is -0.385. The summed E-state index contributed by atoms with van der Waals surface area (Å²) < 4.78 is 9.67. The Balaban J connectivity index is 2.68. The minimum absolute atomic E-state index is 0.000599. The minimum atomic E-state index is -0.654. The van der Waals surface area contributed by atoms with Gasteiger partial charge in [-0.05, 0) is 19.4 Å². The van der Waals surface area contributed by atoms with E-state index in [-0.39, 0.29) is 30.1 Å². The van der Waals surface area contributed by atoms with Gasteiger partial charge < -0.3 is 19.6 Å². The topological polar surface area (TPSA) is 125 Å². The van der Waals surface area contributed by atoms with Crippen LogP contribution < -0.4 is 10.1 Å². The van der Waals surface area contributed by atoms with E-state index in [9.17, 15) is 24.5 Å². The second kappa shape index (κ2) is 8.61. The first-order valence-corrected chi connectivity index (χ1v) is 7.02. The average Bonchev–Trinajstić information content (AvgIpc) is 2.52. The van der Waals surface area contributed by atoms with Crippen molar-refractivity contribution in [3.05, 3.63) is 27.8 Å². The van der Waals surface area contributed by atoms with Crippen molar-refractivity contribution in [2.75, 3.05) is 19.0 Å². The molecule has 1 N–H and O–H groups in total. The zero-order chi connectivity index (χ0) is 18.3. The van der Waals surface area contributed by atoms with Crippen LogP contribution in [-0.4, -0.2) is 36.3 Å². The number of ketones is 1. The summed E-state index contributed by atoms with van der Waals surface area (Å²) in [6, 6.07) is 2.59. The Bertz CT molecular complexity index is 670. The molecule has 1 amide bonds. The summed E-state index contributed by atoms with van der Waals surface area (Å²) in [4.78, 5) is 44.2. The van der Waals surface area contributed by atoms with Gasteiger partial charge in [0.1, 0.15) is 5.78 Å². The molecule has 0 bridgehead atoms. The van der Waals surface area contributed by atoms with Gasteiger partial charge in [-0.2, -0.15) is 0 Å². The number of benzene rings is 1. The van der Waals surface area contributed by atoms with Crippen LogP contribution >= 0.6 is 0 Å². The predicted molar refractivity (Wildman–Crippen MR) is 83.9 cm³/mol. The maximum Gasteiger partial charge on any atom is 0.311 e. The van der Waals surface area contributed by atoms with E-state index < -0.39 is 23.4 Å². The molecule has 0 saturated carbocycles. The van der Waals surface area contributed by atoms with E-state index in [1.807, 2.05) is 0 Å². The lowest BCUT2D eigenvalue weighted by Gasteiger charge is -2.11. The molecule has 1 aromatic carbocycles. The van der Waals surface area contributed by atoms with Crippen LogP contribution in [0.5, 0.6) is 5.75 Å². The molecular weight excluding hydrogens is 320 g/mol. The zero-order valence-electron chi connectivity index (χ0n) is 13.6. The van der Waals surface area contributed by atoms with Crippen molar-refractivity contribution in [2.24, 2.45) is 0 Å². The van der Waals surface area contributed by atoms with Crippen molar-refractivity contribution in [1.82, 2.24) is 0 Å². The van der Waals surface area contributed by atoms with Gasteiger partial charge in [-0.3, -0.25) is 19.7 Å². The van der Waals surface area contributed by atoms with Crippen LogP contribution in [0.15, 0.2) is 12.1 Å². The maximum absolute atomic E-state index is 11.8. The van der Waals surface area contributed by atoms with Crippen LogP contribution in [0.3, 0.4) is 0 Å². The fourth-order valence-corrected chi connectivity index (χ4v) is 1.80. The lowest BCUT2D eigenvalue weighted by Crippen LogP contribution is -2.21. The third-order valence-electron chi connectivity index (χ3n) is 3.04. The van der Waals surface area contributed by atoms with Crippen LogP contribution in [0.25, 0.3) is 0 Å². The Morgan fingerprint density at radius 1 is 1.25 bits per heavy atom. The predicted octanol–water partition coefficient (Wildman–Crippen LogP) is 1.76. The van der Waals surface area contributed by atoms with E-state index >= 15 is 0 Å². The van der Waals surface area contributed by atoms with Crippen LogP contribution in [0.1, 0.15) is 25.3 Å². The number of Topliss-reactive ketones (excluding diaryl/α,β-unsaturated/α-hetero) is 1. The number of carbonyl (C=O) groups excluding carboxylic acids is 3. The highest BCUT2D eigenvalue weighted by molar-refractivity contribution is 5.94. The number of nitro benzene ring substituents is 1. The molecule has 0 fully saturated rings. The molecule has 0 spiro atoms. The molecule has 0 aliphatic heterocycles. The van der Waals surface area contributed by atoms with Crippen molar-refractivity contribution >= 4 is 29.0 Å². The molecule has 9 heteroatoms. The molecule has 9 nitrogen and oxygen atoms in total. The van der Waals surface area contributed by atoms with E-state index in [2.05, 4.69) is 5.32 Å². The lowest BCUT2D eigenvalue weighted by atomic mass is 10.1. The summed E-state index contributed by atoms with van der Waals surface area (Å²) in [6.07, 6.45) is -0.0356. The number of ether oxygens (including phenoxy) is 2. The molecule has 24 heavy (non-hydrogen) atoms. The number of aryl methyl sites for hydroxylation is 1. The van der Waals surface area contributed by atoms with Gasteiger partial charge in [-0.15, -0.1) is 0 Å². The van der Waals surface area contributed by atoms with E-state index in [1.165, 1.54) is 26.2 Å². The van der Waals surface area contributed by atoms with Crippen LogP contribution in [0.4, 0.5) is 11.4 Å². The van der Waals surface area contributed by atoms with Crippen molar-refractivity contribution < 1.29 is 28.8 Å². The Morgan fingerprint density at radius 2 is 1.92 bits per heavy atom. The summed E-state index contributed by atoms with van der Waals surface area (Å²) in [6.45, 7) is 2.42. The number of nitro groups is 1. The fraction of sp³-hybridized carbons (Fsp3) is 0.400. The number of esters is 1.